The second kappa shape index (κ2) is 5.04. The van der Waals surface area contributed by atoms with Gasteiger partial charge in [0.1, 0.15) is 0 Å². The van der Waals surface area contributed by atoms with Gasteiger partial charge in [-0.2, -0.15) is 0 Å². The molecule has 0 aliphatic carbocycles. The van der Waals surface area contributed by atoms with Crippen LogP contribution in [0, 0.1) is 6.92 Å². The third kappa shape index (κ3) is 2.48. The third-order valence-electron chi connectivity index (χ3n) is 2.93. The molecule has 2 rings (SSSR count). The molecule has 1 aromatic carbocycles. The van der Waals surface area contributed by atoms with Crippen LogP contribution in [0.5, 0.6) is 0 Å². The van der Waals surface area contributed by atoms with Gasteiger partial charge in [-0.05, 0) is 31.0 Å². The van der Waals surface area contributed by atoms with Crippen LogP contribution < -0.4 is 5.32 Å². The Labute approximate surface area is 100 Å². The minimum Gasteiger partial charge on any atom is -0.389 e. The van der Waals surface area contributed by atoms with Crippen molar-refractivity contribution in [2.45, 2.75) is 25.5 Å². The highest BCUT2D eigenvalue weighted by molar-refractivity contribution is 6.31. The second-order valence-corrected chi connectivity index (χ2v) is 4.50. The molecule has 1 aliphatic heterocycles. The van der Waals surface area contributed by atoms with Crippen molar-refractivity contribution in [1.29, 1.82) is 0 Å². The van der Waals surface area contributed by atoms with Crippen LogP contribution in [0.3, 0.4) is 0 Å². The number of aliphatic hydroxyl groups is 1. The molecular formula is C12H16ClNO2. The number of rotatable bonds is 2. The van der Waals surface area contributed by atoms with Crippen LogP contribution in [-0.4, -0.2) is 30.5 Å². The molecule has 1 aromatic rings. The molecule has 0 unspecified atom stereocenters. The molecule has 1 aliphatic rings. The maximum absolute atomic E-state index is 9.77. The van der Waals surface area contributed by atoms with E-state index in [1.54, 1.807) is 0 Å². The van der Waals surface area contributed by atoms with Crippen molar-refractivity contribution in [2.24, 2.45) is 0 Å². The monoisotopic (exact) mass is 241 g/mol. The summed E-state index contributed by atoms with van der Waals surface area (Å²) in [6.45, 7) is 3.06. The summed E-state index contributed by atoms with van der Waals surface area (Å²) in [6, 6.07) is 5.79. The SMILES string of the molecule is Cc1c(Cl)cccc1N[C@@H]1CCOC[C@H]1O. The van der Waals surface area contributed by atoms with Crippen LogP contribution in [0.15, 0.2) is 18.2 Å². The van der Waals surface area contributed by atoms with Crippen LogP contribution in [0.25, 0.3) is 0 Å². The van der Waals surface area contributed by atoms with Crippen LogP contribution >= 0.6 is 11.6 Å². The molecule has 0 bridgehead atoms. The fraction of sp³-hybridized carbons (Fsp3) is 0.500. The molecule has 0 radical (unpaired) electrons. The summed E-state index contributed by atoms with van der Waals surface area (Å²) in [5.74, 6) is 0. The van der Waals surface area contributed by atoms with Crippen LogP contribution in [-0.2, 0) is 4.74 Å². The normalized spacial score (nSPS) is 25.4. The summed E-state index contributed by atoms with van der Waals surface area (Å²) in [7, 11) is 0. The van der Waals surface area contributed by atoms with E-state index in [0.29, 0.717) is 13.2 Å². The Balaban J connectivity index is 2.10. The highest BCUT2D eigenvalue weighted by atomic mass is 35.5. The van der Waals surface area contributed by atoms with Crippen molar-refractivity contribution in [3.8, 4) is 0 Å². The largest absolute Gasteiger partial charge is 0.389 e. The molecule has 1 saturated heterocycles. The first-order valence-electron chi connectivity index (χ1n) is 5.46. The standard InChI is InChI=1S/C12H16ClNO2/c1-8-9(13)3-2-4-10(8)14-11-5-6-16-7-12(11)15/h2-4,11-12,14-15H,5-7H2,1H3/t11-,12-/m1/s1. The van der Waals surface area contributed by atoms with Gasteiger partial charge in [0.25, 0.3) is 0 Å². The molecule has 1 heterocycles. The van der Waals surface area contributed by atoms with Crippen molar-refractivity contribution in [2.75, 3.05) is 18.5 Å². The minimum atomic E-state index is -0.452. The summed E-state index contributed by atoms with van der Waals surface area (Å²) >= 11 is 6.04. The van der Waals surface area contributed by atoms with E-state index in [1.165, 1.54) is 0 Å². The fourth-order valence-corrected chi connectivity index (χ4v) is 2.03. The van der Waals surface area contributed by atoms with Gasteiger partial charge in [-0.25, -0.2) is 0 Å². The lowest BCUT2D eigenvalue weighted by molar-refractivity contribution is -0.0134. The number of nitrogens with one attached hydrogen (secondary N) is 1. The summed E-state index contributed by atoms with van der Waals surface area (Å²) < 4.78 is 5.19. The summed E-state index contributed by atoms with van der Waals surface area (Å²) in [5.41, 5.74) is 2.00. The zero-order chi connectivity index (χ0) is 11.5. The number of hydrogen-bond donors (Lipinski definition) is 2. The predicted octanol–water partition coefficient (Wildman–Crippen LogP) is 2.21. The van der Waals surface area contributed by atoms with Crippen molar-refractivity contribution in [3.63, 3.8) is 0 Å². The lowest BCUT2D eigenvalue weighted by atomic mass is 10.0. The molecular weight excluding hydrogens is 226 g/mol. The smallest absolute Gasteiger partial charge is 0.0974 e. The predicted molar refractivity (Wildman–Crippen MR) is 65.0 cm³/mol. The zero-order valence-electron chi connectivity index (χ0n) is 9.24. The molecule has 4 heteroatoms. The van der Waals surface area contributed by atoms with Gasteiger partial charge in [0, 0.05) is 17.3 Å². The van der Waals surface area contributed by atoms with E-state index in [0.717, 1.165) is 22.7 Å². The Hall–Kier alpha value is -0.770. The van der Waals surface area contributed by atoms with E-state index >= 15 is 0 Å². The van der Waals surface area contributed by atoms with Gasteiger partial charge in [0.05, 0.1) is 18.8 Å². The van der Waals surface area contributed by atoms with E-state index in [4.69, 9.17) is 16.3 Å². The van der Waals surface area contributed by atoms with Crippen LogP contribution in [0.2, 0.25) is 5.02 Å². The summed E-state index contributed by atoms with van der Waals surface area (Å²) in [5, 5.41) is 13.8. The average molecular weight is 242 g/mol. The van der Waals surface area contributed by atoms with Crippen molar-refractivity contribution in [3.05, 3.63) is 28.8 Å². The van der Waals surface area contributed by atoms with Crippen molar-refractivity contribution < 1.29 is 9.84 Å². The number of halogens is 1. The fourth-order valence-electron chi connectivity index (χ4n) is 1.85. The lowest BCUT2D eigenvalue weighted by Gasteiger charge is -2.29. The number of hydrogen-bond acceptors (Lipinski definition) is 3. The van der Waals surface area contributed by atoms with Crippen molar-refractivity contribution >= 4 is 17.3 Å². The molecule has 0 amide bonds. The van der Waals surface area contributed by atoms with E-state index in [9.17, 15) is 5.11 Å². The van der Waals surface area contributed by atoms with Crippen LogP contribution in [0.4, 0.5) is 5.69 Å². The molecule has 2 atom stereocenters. The first kappa shape index (κ1) is 11.7. The Morgan fingerprint density at radius 3 is 3.06 bits per heavy atom. The minimum absolute atomic E-state index is 0.0471. The Kier molecular flexibility index (Phi) is 3.69. The van der Waals surface area contributed by atoms with E-state index < -0.39 is 6.10 Å². The van der Waals surface area contributed by atoms with E-state index in [2.05, 4.69) is 5.32 Å². The average Bonchev–Trinajstić information content (AvgIpc) is 2.28. The Morgan fingerprint density at radius 1 is 1.50 bits per heavy atom. The number of ether oxygens (including phenoxy) is 1. The first-order chi connectivity index (χ1) is 7.68. The van der Waals surface area contributed by atoms with Gasteiger partial charge < -0.3 is 15.2 Å². The van der Waals surface area contributed by atoms with Gasteiger partial charge in [-0.1, -0.05) is 17.7 Å². The Bertz CT molecular complexity index is 370. The molecule has 0 saturated carbocycles. The van der Waals surface area contributed by atoms with E-state index in [-0.39, 0.29) is 6.04 Å². The summed E-state index contributed by atoms with van der Waals surface area (Å²) in [6.07, 6.45) is 0.361. The van der Waals surface area contributed by atoms with E-state index in [1.807, 2.05) is 25.1 Å². The number of anilines is 1. The highest BCUT2D eigenvalue weighted by Crippen LogP contribution is 2.25. The molecule has 1 fully saturated rings. The van der Waals surface area contributed by atoms with Gasteiger partial charge in [-0.15, -0.1) is 0 Å². The topological polar surface area (TPSA) is 41.5 Å². The van der Waals surface area contributed by atoms with Gasteiger partial charge in [0.15, 0.2) is 0 Å². The molecule has 2 N–H and O–H groups in total. The molecule has 0 spiro atoms. The van der Waals surface area contributed by atoms with Gasteiger partial charge in [-0.3, -0.25) is 0 Å². The summed E-state index contributed by atoms with van der Waals surface area (Å²) in [4.78, 5) is 0. The quantitative estimate of drug-likeness (QED) is 0.834. The maximum Gasteiger partial charge on any atom is 0.0974 e. The van der Waals surface area contributed by atoms with Crippen molar-refractivity contribution in [1.82, 2.24) is 0 Å². The third-order valence-corrected chi connectivity index (χ3v) is 3.34. The Morgan fingerprint density at radius 2 is 2.31 bits per heavy atom. The molecule has 16 heavy (non-hydrogen) atoms. The van der Waals surface area contributed by atoms with Gasteiger partial charge >= 0.3 is 0 Å². The van der Waals surface area contributed by atoms with Crippen LogP contribution in [0.1, 0.15) is 12.0 Å². The first-order valence-corrected chi connectivity index (χ1v) is 5.84. The second-order valence-electron chi connectivity index (χ2n) is 4.09. The molecule has 3 nitrogen and oxygen atoms in total. The highest BCUT2D eigenvalue weighted by Gasteiger charge is 2.23. The number of aliphatic hydroxyl groups excluding tert-OH is 1. The zero-order valence-corrected chi connectivity index (χ0v) is 10.00. The number of benzene rings is 1. The molecule has 88 valence electrons. The lowest BCUT2D eigenvalue weighted by Crippen LogP contribution is -2.41. The van der Waals surface area contributed by atoms with Gasteiger partial charge in [0.2, 0.25) is 0 Å². The molecule has 0 aromatic heterocycles. The maximum atomic E-state index is 9.77.